The minimum atomic E-state index is -4.77. The van der Waals surface area contributed by atoms with Crippen LogP contribution in [0.1, 0.15) is 199 Å². The fourth-order valence-electron chi connectivity index (χ4n) is 7.94. The standard InChI is InChI=1S/C42H60O8S/c1-3-5-7-9-11-19-27-49-41(45)35-30-34(31-21-15-13-16-22-31)39(42(46)50-28-20-12-10-8-6-4-2)40(38(35)32-23-17-14-18-24-32)51(47,48)37-29-33(43)25-26-36(37)44/h25-26,29-32H,3-24,27-28H2,1-2H3. The highest BCUT2D eigenvalue weighted by atomic mass is 32.2. The highest BCUT2D eigenvalue weighted by Gasteiger charge is 2.41. The van der Waals surface area contributed by atoms with E-state index in [2.05, 4.69) is 13.8 Å². The number of benzene rings is 1. The molecule has 8 nitrogen and oxygen atoms in total. The van der Waals surface area contributed by atoms with Gasteiger partial charge < -0.3 is 9.47 Å². The molecule has 4 rings (SSSR count). The molecule has 3 aliphatic rings. The van der Waals surface area contributed by atoms with Gasteiger partial charge in [-0.25, -0.2) is 18.0 Å². The van der Waals surface area contributed by atoms with Crippen molar-refractivity contribution in [1.82, 2.24) is 0 Å². The van der Waals surface area contributed by atoms with Gasteiger partial charge in [0.05, 0.1) is 29.2 Å². The van der Waals surface area contributed by atoms with E-state index in [1.54, 1.807) is 6.07 Å². The lowest BCUT2D eigenvalue weighted by atomic mass is 9.77. The minimum absolute atomic E-state index is 0.0726. The number of esters is 2. The first-order valence-electron chi connectivity index (χ1n) is 20.0. The van der Waals surface area contributed by atoms with Gasteiger partial charge in [-0.3, -0.25) is 9.59 Å². The van der Waals surface area contributed by atoms with Crippen LogP contribution in [-0.4, -0.2) is 45.1 Å². The second-order valence-corrected chi connectivity index (χ2v) is 16.6. The van der Waals surface area contributed by atoms with Crippen molar-refractivity contribution in [1.29, 1.82) is 0 Å². The van der Waals surface area contributed by atoms with E-state index in [4.69, 9.17) is 9.47 Å². The summed E-state index contributed by atoms with van der Waals surface area (Å²) >= 11 is 0. The molecule has 1 aromatic rings. The van der Waals surface area contributed by atoms with E-state index in [1.165, 1.54) is 6.42 Å². The molecule has 2 fully saturated rings. The van der Waals surface area contributed by atoms with Crippen molar-refractivity contribution in [3.63, 3.8) is 0 Å². The van der Waals surface area contributed by atoms with Crippen molar-refractivity contribution in [3.8, 4) is 0 Å². The van der Waals surface area contributed by atoms with Crippen molar-refractivity contribution in [2.45, 2.75) is 172 Å². The summed E-state index contributed by atoms with van der Waals surface area (Å²) in [4.78, 5) is 53.3. The molecular formula is C42H60O8S. The highest BCUT2D eigenvalue weighted by Crippen LogP contribution is 2.46. The Labute approximate surface area is 306 Å². The van der Waals surface area contributed by atoms with Gasteiger partial charge in [0.15, 0.2) is 11.6 Å². The summed E-state index contributed by atoms with van der Waals surface area (Å²) in [5.74, 6) is -3.34. The second kappa shape index (κ2) is 20.8. The summed E-state index contributed by atoms with van der Waals surface area (Å²) < 4.78 is 41.7. The molecule has 0 unspecified atom stereocenters. The number of sulfone groups is 1. The molecule has 9 heteroatoms. The van der Waals surface area contributed by atoms with Crippen LogP contribution in [0.15, 0.2) is 34.1 Å². The normalized spacial score (nSPS) is 17.4. The largest absolute Gasteiger partial charge is 0.462 e. The molecule has 51 heavy (non-hydrogen) atoms. The molecule has 0 amide bonds. The average Bonchev–Trinajstić information content (AvgIpc) is 3.14. The fourth-order valence-corrected chi connectivity index (χ4v) is 9.80. The van der Waals surface area contributed by atoms with Crippen LogP contribution in [0, 0.1) is 0 Å². The number of hydrogen-bond acceptors (Lipinski definition) is 8. The maximum absolute atomic E-state index is 15.0. The van der Waals surface area contributed by atoms with Crippen LogP contribution in [0.4, 0.5) is 0 Å². The number of allylic oxidation sites excluding steroid dienone is 4. The number of rotatable bonds is 20. The Hall–Kier alpha value is -3.07. The van der Waals surface area contributed by atoms with Gasteiger partial charge >= 0.3 is 11.9 Å². The molecule has 0 radical (unpaired) electrons. The van der Waals surface area contributed by atoms with Crippen molar-refractivity contribution in [3.05, 3.63) is 51.5 Å². The summed E-state index contributed by atoms with van der Waals surface area (Å²) in [7, 11) is -4.77. The Balaban J connectivity index is 1.87. The zero-order chi connectivity index (χ0) is 36.6. The number of ketones is 2. The zero-order valence-electron chi connectivity index (χ0n) is 31.1. The first kappa shape index (κ1) is 40.7. The van der Waals surface area contributed by atoms with Crippen molar-refractivity contribution >= 4 is 33.3 Å². The smallest absolute Gasteiger partial charge is 0.339 e. The fraction of sp³-hybridized carbons (Fsp3) is 0.667. The summed E-state index contributed by atoms with van der Waals surface area (Å²) in [6, 6.07) is 1.73. The minimum Gasteiger partial charge on any atom is -0.462 e. The first-order valence-corrected chi connectivity index (χ1v) is 21.5. The maximum atomic E-state index is 15.0. The van der Waals surface area contributed by atoms with Crippen LogP contribution in [0.2, 0.25) is 0 Å². The predicted octanol–water partition coefficient (Wildman–Crippen LogP) is 10.2. The lowest BCUT2D eigenvalue weighted by Gasteiger charge is -2.31. The summed E-state index contributed by atoms with van der Waals surface area (Å²) in [6.45, 7) is 4.67. The van der Waals surface area contributed by atoms with Gasteiger partial charge in [0.1, 0.15) is 4.91 Å². The number of hydrogen-bond donors (Lipinski definition) is 0. The second-order valence-electron chi connectivity index (χ2n) is 14.7. The molecule has 0 heterocycles. The van der Waals surface area contributed by atoms with E-state index in [9.17, 15) is 27.6 Å². The molecule has 3 aliphatic carbocycles. The molecule has 2 saturated carbocycles. The molecule has 282 valence electrons. The Bertz CT molecular complexity index is 1520. The maximum Gasteiger partial charge on any atom is 0.339 e. The van der Waals surface area contributed by atoms with E-state index >= 15 is 0 Å². The number of carbonyl (C=O) groups is 4. The number of carbonyl (C=O) groups excluding carboxylic acids is 4. The molecular weight excluding hydrogens is 665 g/mol. The Kier molecular flexibility index (Phi) is 16.6. The van der Waals surface area contributed by atoms with Gasteiger partial charge in [-0.1, -0.05) is 117 Å². The molecule has 0 bridgehead atoms. The highest BCUT2D eigenvalue weighted by molar-refractivity contribution is 7.96. The topological polar surface area (TPSA) is 121 Å². The quantitative estimate of drug-likeness (QED) is 0.0740. The SMILES string of the molecule is CCCCCCCCOC(=O)c1cc(C2CCCCC2)c(C(=O)OCCCCCCCC)c(S(=O)(=O)C2=CC(=O)C=CC2=O)c1C1CCCCC1. The summed E-state index contributed by atoms with van der Waals surface area (Å²) in [5.41, 5.74) is 0.796. The lowest BCUT2D eigenvalue weighted by molar-refractivity contribution is -0.114. The van der Waals surface area contributed by atoms with Crippen LogP contribution in [0.5, 0.6) is 0 Å². The molecule has 1 aromatic carbocycles. The Morgan fingerprint density at radius 3 is 1.75 bits per heavy atom. The van der Waals surface area contributed by atoms with Crippen LogP contribution >= 0.6 is 0 Å². The summed E-state index contributed by atoms with van der Waals surface area (Å²) in [6.07, 6.45) is 23.1. The van der Waals surface area contributed by atoms with Crippen molar-refractivity contribution < 1.29 is 37.1 Å². The molecule has 0 aromatic heterocycles. The van der Waals surface area contributed by atoms with Gasteiger partial charge in [0, 0.05) is 6.08 Å². The lowest BCUT2D eigenvalue weighted by Crippen LogP contribution is -2.27. The number of unbranched alkanes of at least 4 members (excludes halogenated alkanes) is 10. The monoisotopic (exact) mass is 724 g/mol. The predicted molar refractivity (Wildman–Crippen MR) is 200 cm³/mol. The average molecular weight is 725 g/mol. The third-order valence-corrected chi connectivity index (χ3v) is 12.6. The molecule has 0 saturated heterocycles. The van der Waals surface area contributed by atoms with Gasteiger partial charge in [-0.2, -0.15) is 0 Å². The van der Waals surface area contributed by atoms with E-state index in [0.717, 1.165) is 127 Å². The third kappa shape index (κ3) is 11.2. The van der Waals surface area contributed by atoms with Crippen LogP contribution in [0.25, 0.3) is 0 Å². The first-order chi connectivity index (χ1) is 24.7. The van der Waals surface area contributed by atoms with Gasteiger partial charge in [-0.15, -0.1) is 0 Å². The van der Waals surface area contributed by atoms with Gasteiger partial charge in [0.25, 0.3) is 0 Å². The van der Waals surface area contributed by atoms with E-state index in [0.29, 0.717) is 31.2 Å². The van der Waals surface area contributed by atoms with Gasteiger partial charge in [0.2, 0.25) is 9.84 Å². The Morgan fingerprint density at radius 1 is 0.667 bits per heavy atom. The van der Waals surface area contributed by atoms with E-state index < -0.39 is 38.2 Å². The summed E-state index contributed by atoms with van der Waals surface area (Å²) in [5, 5.41) is 0. The Morgan fingerprint density at radius 2 is 1.18 bits per heavy atom. The molecule has 0 aliphatic heterocycles. The van der Waals surface area contributed by atoms with Crippen LogP contribution in [0.3, 0.4) is 0 Å². The van der Waals surface area contributed by atoms with Crippen LogP contribution in [-0.2, 0) is 28.9 Å². The zero-order valence-corrected chi connectivity index (χ0v) is 31.9. The number of ether oxygens (including phenoxy) is 2. The van der Waals surface area contributed by atoms with E-state index in [1.807, 2.05) is 0 Å². The third-order valence-electron chi connectivity index (χ3n) is 10.8. The molecule has 0 atom stereocenters. The van der Waals surface area contributed by atoms with Crippen molar-refractivity contribution in [2.75, 3.05) is 13.2 Å². The van der Waals surface area contributed by atoms with Crippen LogP contribution < -0.4 is 0 Å². The van der Waals surface area contributed by atoms with Crippen molar-refractivity contribution in [2.24, 2.45) is 0 Å². The molecule has 0 N–H and O–H groups in total. The molecule has 0 spiro atoms. The van der Waals surface area contributed by atoms with Gasteiger partial charge in [-0.05, 0) is 79.7 Å². The van der Waals surface area contributed by atoms with E-state index in [-0.39, 0.29) is 46.6 Å².